The molecule has 0 N–H and O–H groups in total. The zero-order valence-corrected chi connectivity index (χ0v) is 18.3. The molecule has 1 heterocycles. The van der Waals surface area contributed by atoms with Crippen LogP contribution in [0.5, 0.6) is 11.5 Å². The second-order valence-corrected chi connectivity index (χ2v) is 7.42. The highest BCUT2D eigenvalue weighted by Gasteiger charge is 2.23. The number of fused-ring (bicyclic) bond motifs is 1. The maximum Gasteiger partial charge on any atom is 0.260 e. The fourth-order valence-corrected chi connectivity index (χ4v) is 3.73. The minimum absolute atomic E-state index is 0. The molecule has 156 valence electrons. The highest BCUT2D eigenvalue weighted by atomic mass is 35.5. The van der Waals surface area contributed by atoms with Crippen molar-refractivity contribution in [3.63, 3.8) is 0 Å². The van der Waals surface area contributed by atoms with Crippen LogP contribution < -0.4 is 14.4 Å². The third-order valence-corrected chi connectivity index (χ3v) is 5.28. The molecule has 3 rings (SSSR count). The van der Waals surface area contributed by atoms with E-state index in [9.17, 15) is 9.18 Å². The van der Waals surface area contributed by atoms with Gasteiger partial charge in [-0.05, 0) is 44.4 Å². The quantitative estimate of drug-likeness (QED) is 0.555. The van der Waals surface area contributed by atoms with E-state index in [2.05, 4.69) is 4.98 Å². The summed E-state index contributed by atoms with van der Waals surface area (Å²) in [5.41, 5.74) is 0.716. The van der Waals surface area contributed by atoms with Crippen LogP contribution in [0.25, 0.3) is 10.2 Å². The lowest BCUT2D eigenvalue weighted by molar-refractivity contribution is 0.0985. The van der Waals surface area contributed by atoms with Crippen molar-refractivity contribution in [2.75, 3.05) is 46.3 Å². The monoisotopic (exact) mass is 439 g/mol. The minimum atomic E-state index is -0.397. The standard InChI is InChI=1S/C20H22FN3O3S.ClH/c1-23(2)10-11-24(20-22-18-14(21)6-5-7-17(18)28-20)19(25)13-8-9-15(26-3)16(12-13)27-4;/h5-9,12H,10-11H2,1-4H3;1H. The summed E-state index contributed by atoms with van der Waals surface area (Å²) in [7, 11) is 6.92. The molecule has 0 spiro atoms. The molecule has 0 aliphatic rings. The van der Waals surface area contributed by atoms with Crippen LogP contribution in [-0.4, -0.2) is 57.2 Å². The number of anilines is 1. The molecule has 6 nitrogen and oxygen atoms in total. The lowest BCUT2D eigenvalue weighted by atomic mass is 10.1. The van der Waals surface area contributed by atoms with Gasteiger partial charge in [-0.15, -0.1) is 12.4 Å². The van der Waals surface area contributed by atoms with Crippen molar-refractivity contribution in [1.29, 1.82) is 0 Å². The molecular formula is C20H23ClFN3O3S. The number of carbonyl (C=O) groups is 1. The predicted octanol–water partition coefficient (Wildman–Crippen LogP) is 4.08. The molecular weight excluding hydrogens is 417 g/mol. The van der Waals surface area contributed by atoms with E-state index in [4.69, 9.17) is 9.47 Å². The van der Waals surface area contributed by atoms with Crippen LogP contribution in [0.4, 0.5) is 9.52 Å². The summed E-state index contributed by atoms with van der Waals surface area (Å²) in [5, 5.41) is 0.460. The van der Waals surface area contributed by atoms with Crippen molar-refractivity contribution in [3.8, 4) is 11.5 Å². The van der Waals surface area contributed by atoms with Crippen molar-refractivity contribution in [2.24, 2.45) is 0 Å². The van der Waals surface area contributed by atoms with Crippen molar-refractivity contribution < 1.29 is 18.7 Å². The summed E-state index contributed by atoms with van der Waals surface area (Å²) < 4.78 is 25.3. The molecule has 9 heteroatoms. The Hall–Kier alpha value is -2.42. The van der Waals surface area contributed by atoms with Crippen molar-refractivity contribution >= 4 is 45.0 Å². The van der Waals surface area contributed by atoms with E-state index in [-0.39, 0.29) is 23.8 Å². The zero-order valence-electron chi connectivity index (χ0n) is 16.6. The lowest BCUT2D eigenvalue weighted by Gasteiger charge is -2.22. The van der Waals surface area contributed by atoms with Crippen LogP contribution >= 0.6 is 23.7 Å². The molecule has 0 bridgehead atoms. The Kier molecular flexibility index (Phi) is 7.78. The van der Waals surface area contributed by atoms with E-state index in [0.717, 1.165) is 0 Å². The molecule has 0 aliphatic carbocycles. The molecule has 2 aromatic carbocycles. The van der Waals surface area contributed by atoms with Crippen molar-refractivity contribution in [2.45, 2.75) is 0 Å². The molecule has 3 aromatic rings. The Labute approximate surface area is 179 Å². The molecule has 1 amide bonds. The number of thiazole rings is 1. The Bertz CT molecular complexity index is 996. The van der Waals surface area contributed by atoms with Crippen molar-refractivity contribution in [3.05, 3.63) is 47.8 Å². The molecule has 0 unspecified atom stereocenters. The summed E-state index contributed by atoms with van der Waals surface area (Å²) in [6, 6.07) is 9.81. The number of rotatable bonds is 7. The van der Waals surface area contributed by atoms with Gasteiger partial charge in [0.15, 0.2) is 16.6 Å². The average Bonchev–Trinajstić information content (AvgIpc) is 3.12. The normalized spacial score (nSPS) is 10.7. The number of para-hydroxylation sites is 1. The van der Waals surface area contributed by atoms with Gasteiger partial charge >= 0.3 is 0 Å². The first-order chi connectivity index (χ1) is 13.4. The number of methoxy groups -OCH3 is 2. The smallest absolute Gasteiger partial charge is 0.260 e. The maximum absolute atomic E-state index is 14.1. The van der Waals surface area contributed by atoms with Gasteiger partial charge in [0.25, 0.3) is 5.91 Å². The summed E-state index contributed by atoms with van der Waals surface area (Å²) in [4.78, 5) is 21.2. The van der Waals surface area contributed by atoms with E-state index in [1.807, 2.05) is 19.0 Å². The number of aromatic nitrogens is 1. The second-order valence-electron chi connectivity index (χ2n) is 6.41. The fraction of sp³-hybridized carbons (Fsp3) is 0.300. The number of hydrogen-bond acceptors (Lipinski definition) is 6. The first-order valence-corrected chi connectivity index (χ1v) is 9.50. The summed E-state index contributed by atoms with van der Waals surface area (Å²) in [5.74, 6) is 0.380. The van der Waals surface area contributed by atoms with E-state index in [0.29, 0.717) is 40.0 Å². The molecule has 29 heavy (non-hydrogen) atoms. The van der Waals surface area contributed by atoms with Gasteiger partial charge in [-0.25, -0.2) is 9.37 Å². The van der Waals surface area contributed by atoms with E-state index >= 15 is 0 Å². The van der Waals surface area contributed by atoms with Crippen LogP contribution in [-0.2, 0) is 0 Å². The number of ether oxygens (including phenoxy) is 2. The van der Waals surface area contributed by atoms with E-state index in [1.54, 1.807) is 42.3 Å². The molecule has 0 fully saturated rings. The number of halogens is 2. The average molecular weight is 440 g/mol. The molecule has 0 radical (unpaired) electrons. The molecule has 0 atom stereocenters. The van der Waals surface area contributed by atoms with Gasteiger partial charge in [0, 0.05) is 18.7 Å². The van der Waals surface area contributed by atoms with Gasteiger partial charge in [-0.3, -0.25) is 9.69 Å². The number of hydrogen-bond donors (Lipinski definition) is 0. The number of likely N-dealkylation sites (N-methyl/N-ethyl adjacent to an activating group) is 1. The van der Waals surface area contributed by atoms with Gasteiger partial charge in [0.1, 0.15) is 11.3 Å². The summed E-state index contributed by atoms with van der Waals surface area (Å²) in [6.07, 6.45) is 0. The van der Waals surface area contributed by atoms with Gasteiger partial charge in [0.2, 0.25) is 0 Å². The van der Waals surface area contributed by atoms with Crippen molar-refractivity contribution in [1.82, 2.24) is 9.88 Å². The maximum atomic E-state index is 14.1. The highest BCUT2D eigenvalue weighted by molar-refractivity contribution is 7.22. The number of amides is 1. The number of nitrogens with zero attached hydrogens (tertiary/aromatic N) is 3. The fourth-order valence-electron chi connectivity index (χ4n) is 2.73. The molecule has 0 saturated heterocycles. The Morgan fingerprint density at radius 1 is 1.10 bits per heavy atom. The topological polar surface area (TPSA) is 54.9 Å². The predicted molar refractivity (Wildman–Crippen MR) is 117 cm³/mol. The Balaban J connectivity index is 0.00000300. The van der Waals surface area contributed by atoms with Crippen LogP contribution in [0.2, 0.25) is 0 Å². The van der Waals surface area contributed by atoms with E-state index in [1.165, 1.54) is 24.5 Å². The van der Waals surface area contributed by atoms with Gasteiger partial charge < -0.3 is 14.4 Å². The van der Waals surface area contributed by atoms with Crippen LogP contribution in [0.15, 0.2) is 36.4 Å². The molecule has 1 aromatic heterocycles. The third kappa shape index (κ3) is 4.95. The van der Waals surface area contributed by atoms with Gasteiger partial charge in [-0.1, -0.05) is 17.4 Å². The lowest BCUT2D eigenvalue weighted by Crippen LogP contribution is -2.36. The largest absolute Gasteiger partial charge is 0.493 e. The second kappa shape index (κ2) is 9.87. The van der Waals surface area contributed by atoms with Crippen LogP contribution in [0.3, 0.4) is 0 Å². The van der Waals surface area contributed by atoms with Crippen LogP contribution in [0, 0.1) is 5.82 Å². The summed E-state index contributed by atoms with van der Waals surface area (Å²) in [6.45, 7) is 1.05. The first kappa shape index (κ1) is 22.9. The third-order valence-electron chi connectivity index (χ3n) is 4.24. The summed E-state index contributed by atoms with van der Waals surface area (Å²) >= 11 is 1.29. The Morgan fingerprint density at radius 2 is 1.83 bits per heavy atom. The Morgan fingerprint density at radius 3 is 2.45 bits per heavy atom. The first-order valence-electron chi connectivity index (χ1n) is 8.68. The minimum Gasteiger partial charge on any atom is -0.493 e. The molecule has 0 aliphatic heterocycles. The number of benzene rings is 2. The zero-order chi connectivity index (χ0) is 20.3. The van der Waals surface area contributed by atoms with Gasteiger partial charge in [-0.2, -0.15) is 0 Å². The van der Waals surface area contributed by atoms with E-state index < -0.39 is 5.82 Å². The SMILES string of the molecule is COc1ccc(C(=O)N(CCN(C)C)c2nc3c(F)cccc3s2)cc1OC.Cl. The van der Waals surface area contributed by atoms with Crippen LogP contribution in [0.1, 0.15) is 10.4 Å². The molecule has 0 saturated carbocycles. The van der Waals surface area contributed by atoms with Gasteiger partial charge in [0.05, 0.1) is 18.9 Å². The number of carbonyl (C=O) groups excluding carboxylic acids is 1. The highest BCUT2D eigenvalue weighted by Crippen LogP contribution is 2.32.